The van der Waals surface area contributed by atoms with Crippen LogP contribution in [-0.2, 0) is 11.4 Å². The molecule has 0 heterocycles. The third-order valence-corrected chi connectivity index (χ3v) is 3.67. The zero-order valence-electron chi connectivity index (χ0n) is 14.5. The Kier molecular flexibility index (Phi) is 8.81. The molecule has 0 bridgehead atoms. The number of carbonyl (C=O) groups excluding carboxylic acids is 1. The maximum absolute atomic E-state index is 11.7. The Balaban J connectivity index is 0.00000312. The van der Waals surface area contributed by atoms with Crippen molar-refractivity contribution in [1.29, 1.82) is 0 Å². The van der Waals surface area contributed by atoms with Crippen molar-refractivity contribution in [2.24, 2.45) is 5.73 Å². The number of nitrogens with one attached hydrogen (secondary N) is 1. The second-order valence-corrected chi connectivity index (χ2v) is 5.51. The number of benzene rings is 2. The quantitative estimate of drug-likeness (QED) is 0.754. The van der Waals surface area contributed by atoms with Gasteiger partial charge in [-0.1, -0.05) is 36.4 Å². The van der Waals surface area contributed by atoms with Crippen LogP contribution >= 0.6 is 12.4 Å². The lowest BCUT2D eigenvalue weighted by Gasteiger charge is -2.17. The normalized spacial score (nSPS) is 11.2. The molecular formula is C19H25ClN2O3. The van der Waals surface area contributed by atoms with E-state index in [0.717, 1.165) is 11.1 Å². The summed E-state index contributed by atoms with van der Waals surface area (Å²) in [4.78, 5) is 11.7. The Hall–Kier alpha value is -2.24. The van der Waals surface area contributed by atoms with Crippen molar-refractivity contribution in [3.8, 4) is 11.5 Å². The van der Waals surface area contributed by atoms with Gasteiger partial charge in [0.15, 0.2) is 11.5 Å². The van der Waals surface area contributed by atoms with Gasteiger partial charge < -0.3 is 20.5 Å². The molecule has 0 saturated carbocycles. The standard InChI is InChI=1S/C19H24N2O3.ClH/c1-14(21-19(22)10-11-20)16-8-9-17(18(12-16)23-2)24-13-15-6-4-3-5-7-15;/h3-9,12,14H,10-11,13,20H2,1-2H3,(H,21,22);1H. The van der Waals surface area contributed by atoms with E-state index in [2.05, 4.69) is 5.32 Å². The summed E-state index contributed by atoms with van der Waals surface area (Å²) in [5.41, 5.74) is 7.43. The average molecular weight is 365 g/mol. The molecule has 0 saturated heterocycles. The van der Waals surface area contributed by atoms with Crippen LogP contribution < -0.4 is 20.5 Å². The molecule has 0 fully saturated rings. The Bertz CT molecular complexity index is 665. The van der Waals surface area contributed by atoms with Gasteiger partial charge >= 0.3 is 0 Å². The second kappa shape index (κ2) is 10.6. The zero-order valence-corrected chi connectivity index (χ0v) is 15.3. The number of halogens is 1. The van der Waals surface area contributed by atoms with Gasteiger partial charge in [-0.2, -0.15) is 0 Å². The molecule has 25 heavy (non-hydrogen) atoms. The van der Waals surface area contributed by atoms with Gasteiger partial charge in [-0.25, -0.2) is 0 Å². The van der Waals surface area contributed by atoms with E-state index < -0.39 is 0 Å². The summed E-state index contributed by atoms with van der Waals surface area (Å²) >= 11 is 0. The van der Waals surface area contributed by atoms with Crippen LogP contribution in [0.1, 0.15) is 30.5 Å². The molecule has 2 rings (SSSR count). The van der Waals surface area contributed by atoms with Crippen molar-refractivity contribution in [3.63, 3.8) is 0 Å². The molecule has 2 aromatic carbocycles. The zero-order chi connectivity index (χ0) is 17.4. The fourth-order valence-corrected chi connectivity index (χ4v) is 2.34. The molecule has 0 aliphatic carbocycles. The van der Waals surface area contributed by atoms with Crippen LogP contribution in [0.4, 0.5) is 0 Å². The van der Waals surface area contributed by atoms with Crippen molar-refractivity contribution in [3.05, 3.63) is 59.7 Å². The highest BCUT2D eigenvalue weighted by molar-refractivity contribution is 5.85. The molecule has 0 aliphatic heterocycles. The Labute approximate surface area is 154 Å². The maximum atomic E-state index is 11.7. The molecule has 5 nitrogen and oxygen atoms in total. The highest BCUT2D eigenvalue weighted by Gasteiger charge is 2.12. The molecular weight excluding hydrogens is 340 g/mol. The van der Waals surface area contributed by atoms with Crippen molar-refractivity contribution < 1.29 is 14.3 Å². The van der Waals surface area contributed by atoms with E-state index in [1.165, 1.54) is 0 Å². The van der Waals surface area contributed by atoms with Crippen LogP contribution in [0.15, 0.2) is 48.5 Å². The lowest BCUT2D eigenvalue weighted by Crippen LogP contribution is -2.28. The molecule has 0 aromatic heterocycles. The van der Waals surface area contributed by atoms with E-state index in [-0.39, 0.29) is 24.4 Å². The number of amides is 1. The van der Waals surface area contributed by atoms with Crippen LogP contribution in [0.3, 0.4) is 0 Å². The van der Waals surface area contributed by atoms with Gasteiger partial charge in [0.05, 0.1) is 13.2 Å². The van der Waals surface area contributed by atoms with Gasteiger partial charge in [0, 0.05) is 13.0 Å². The number of methoxy groups -OCH3 is 1. The Morgan fingerprint density at radius 1 is 1.16 bits per heavy atom. The van der Waals surface area contributed by atoms with E-state index in [1.54, 1.807) is 7.11 Å². The highest BCUT2D eigenvalue weighted by atomic mass is 35.5. The molecule has 1 unspecified atom stereocenters. The fourth-order valence-electron chi connectivity index (χ4n) is 2.34. The van der Waals surface area contributed by atoms with Gasteiger partial charge in [0.1, 0.15) is 6.61 Å². The largest absolute Gasteiger partial charge is 0.493 e. The van der Waals surface area contributed by atoms with Gasteiger partial charge in [-0.15, -0.1) is 12.4 Å². The molecule has 0 radical (unpaired) electrons. The van der Waals surface area contributed by atoms with Gasteiger partial charge in [-0.3, -0.25) is 4.79 Å². The Morgan fingerprint density at radius 3 is 2.52 bits per heavy atom. The number of rotatable bonds is 8. The number of carbonyl (C=O) groups is 1. The van der Waals surface area contributed by atoms with Gasteiger partial charge in [-0.05, 0) is 30.2 Å². The van der Waals surface area contributed by atoms with Crippen LogP contribution in [0.25, 0.3) is 0 Å². The third-order valence-electron chi connectivity index (χ3n) is 3.67. The first-order chi connectivity index (χ1) is 11.6. The average Bonchev–Trinajstić information content (AvgIpc) is 2.60. The smallest absolute Gasteiger partial charge is 0.221 e. The van der Waals surface area contributed by atoms with Crippen molar-refractivity contribution in [2.45, 2.75) is 26.0 Å². The van der Waals surface area contributed by atoms with Crippen molar-refractivity contribution in [1.82, 2.24) is 5.32 Å². The predicted octanol–water partition coefficient (Wildman–Crippen LogP) is 3.22. The summed E-state index contributed by atoms with van der Waals surface area (Å²) in [5.74, 6) is 1.25. The minimum atomic E-state index is -0.124. The minimum absolute atomic E-state index is 0. The predicted molar refractivity (Wildman–Crippen MR) is 101 cm³/mol. The van der Waals surface area contributed by atoms with E-state index >= 15 is 0 Å². The lowest BCUT2D eigenvalue weighted by molar-refractivity contribution is -0.121. The van der Waals surface area contributed by atoms with E-state index in [0.29, 0.717) is 31.1 Å². The van der Waals surface area contributed by atoms with Gasteiger partial charge in [0.25, 0.3) is 0 Å². The third kappa shape index (κ3) is 6.29. The summed E-state index contributed by atoms with van der Waals surface area (Å²) in [6.45, 7) is 2.74. The van der Waals surface area contributed by atoms with Gasteiger partial charge in [0.2, 0.25) is 5.91 Å². The van der Waals surface area contributed by atoms with Crippen LogP contribution in [0.5, 0.6) is 11.5 Å². The summed E-state index contributed by atoms with van der Waals surface area (Å²) in [6.07, 6.45) is 0.319. The van der Waals surface area contributed by atoms with Crippen LogP contribution in [-0.4, -0.2) is 19.6 Å². The highest BCUT2D eigenvalue weighted by Crippen LogP contribution is 2.31. The van der Waals surface area contributed by atoms with E-state index in [4.69, 9.17) is 15.2 Å². The number of ether oxygens (including phenoxy) is 2. The summed E-state index contributed by atoms with van der Waals surface area (Å²) in [5, 5.41) is 2.91. The van der Waals surface area contributed by atoms with E-state index in [1.807, 2.05) is 55.5 Å². The molecule has 0 spiro atoms. The first kappa shape index (κ1) is 20.8. The number of hydrogen-bond donors (Lipinski definition) is 2. The minimum Gasteiger partial charge on any atom is -0.493 e. The number of hydrogen-bond acceptors (Lipinski definition) is 4. The second-order valence-electron chi connectivity index (χ2n) is 5.51. The first-order valence-electron chi connectivity index (χ1n) is 7.98. The lowest BCUT2D eigenvalue weighted by atomic mass is 10.1. The molecule has 3 N–H and O–H groups in total. The van der Waals surface area contributed by atoms with Crippen molar-refractivity contribution in [2.75, 3.05) is 13.7 Å². The topological polar surface area (TPSA) is 73.6 Å². The van der Waals surface area contributed by atoms with Crippen LogP contribution in [0, 0.1) is 0 Å². The van der Waals surface area contributed by atoms with E-state index in [9.17, 15) is 4.79 Å². The molecule has 1 amide bonds. The number of nitrogens with two attached hydrogens (primary N) is 1. The molecule has 1 atom stereocenters. The Morgan fingerprint density at radius 2 is 1.88 bits per heavy atom. The summed E-state index contributed by atoms with van der Waals surface area (Å²) in [7, 11) is 1.60. The molecule has 0 aliphatic rings. The monoisotopic (exact) mass is 364 g/mol. The maximum Gasteiger partial charge on any atom is 0.221 e. The molecule has 2 aromatic rings. The summed E-state index contributed by atoms with van der Waals surface area (Å²) < 4.78 is 11.3. The molecule has 136 valence electrons. The first-order valence-corrected chi connectivity index (χ1v) is 7.98. The fraction of sp³-hybridized carbons (Fsp3) is 0.316. The van der Waals surface area contributed by atoms with Crippen LogP contribution in [0.2, 0.25) is 0 Å². The van der Waals surface area contributed by atoms with Crippen molar-refractivity contribution >= 4 is 18.3 Å². The summed E-state index contributed by atoms with van der Waals surface area (Å²) in [6, 6.07) is 15.5. The SMILES string of the molecule is COc1cc(C(C)NC(=O)CCN)ccc1OCc1ccccc1.Cl. The molecule has 6 heteroatoms.